The summed E-state index contributed by atoms with van der Waals surface area (Å²) in [5, 5.41) is 11.0. The first kappa shape index (κ1) is 11.0. The van der Waals surface area contributed by atoms with Gasteiger partial charge in [-0.3, -0.25) is 0 Å². The minimum Gasteiger partial charge on any atom is -0.365 e. The van der Waals surface area contributed by atoms with Gasteiger partial charge in [-0.05, 0) is 51.4 Å². The van der Waals surface area contributed by atoms with E-state index < -0.39 is 5.79 Å². The van der Waals surface area contributed by atoms with E-state index in [0.717, 1.165) is 12.8 Å². The lowest BCUT2D eigenvalue weighted by atomic mass is 9.65. The van der Waals surface area contributed by atoms with E-state index in [1.165, 1.54) is 12.8 Å². The number of aliphatic hydroxyl groups is 1. The Morgan fingerprint density at radius 3 is 2.44 bits per heavy atom. The molecule has 3 aliphatic rings. The summed E-state index contributed by atoms with van der Waals surface area (Å²) in [6.45, 7) is 8.80. The Labute approximate surface area is 98.4 Å². The van der Waals surface area contributed by atoms with Gasteiger partial charge in [0.1, 0.15) is 0 Å². The quantitative estimate of drug-likeness (QED) is 0.685. The minimum absolute atomic E-state index is 0.0515. The fourth-order valence-electron chi connectivity index (χ4n) is 5.22. The molecule has 1 saturated heterocycles. The molecule has 0 aromatic heterocycles. The van der Waals surface area contributed by atoms with Gasteiger partial charge in [0, 0.05) is 11.3 Å². The Morgan fingerprint density at radius 2 is 1.75 bits per heavy atom. The Morgan fingerprint density at radius 1 is 1.06 bits per heavy atom. The number of ether oxygens (including phenoxy) is 1. The van der Waals surface area contributed by atoms with Crippen molar-refractivity contribution in [2.45, 2.75) is 64.8 Å². The van der Waals surface area contributed by atoms with Crippen LogP contribution < -0.4 is 0 Å². The van der Waals surface area contributed by atoms with Crippen LogP contribution in [-0.2, 0) is 4.74 Å². The van der Waals surface area contributed by atoms with Gasteiger partial charge in [0.25, 0.3) is 0 Å². The van der Waals surface area contributed by atoms with Crippen molar-refractivity contribution in [2.75, 3.05) is 0 Å². The molecular formula is C14H24O2. The first-order valence-electron chi connectivity index (χ1n) is 6.77. The van der Waals surface area contributed by atoms with Crippen LogP contribution in [-0.4, -0.2) is 16.5 Å². The van der Waals surface area contributed by atoms with Gasteiger partial charge in [-0.25, -0.2) is 0 Å². The molecule has 92 valence electrons. The van der Waals surface area contributed by atoms with Crippen molar-refractivity contribution >= 4 is 0 Å². The molecule has 1 spiro atoms. The zero-order chi connectivity index (χ0) is 11.8. The van der Waals surface area contributed by atoms with Crippen molar-refractivity contribution in [3.63, 3.8) is 0 Å². The Bertz CT molecular complexity index is 325. The van der Waals surface area contributed by atoms with Gasteiger partial charge in [-0.15, -0.1) is 0 Å². The van der Waals surface area contributed by atoms with E-state index in [1.807, 2.05) is 0 Å². The third-order valence-corrected chi connectivity index (χ3v) is 5.97. The van der Waals surface area contributed by atoms with E-state index in [4.69, 9.17) is 4.74 Å². The van der Waals surface area contributed by atoms with Crippen molar-refractivity contribution in [2.24, 2.45) is 23.2 Å². The van der Waals surface area contributed by atoms with Gasteiger partial charge in [-0.1, -0.05) is 13.8 Å². The zero-order valence-electron chi connectivity index (χ0n) is 10.9. The minimum atomic E-state index is -0.850. The zero-order valence-corrected chi connectivity index (χ0v) is 10.9. The molecule has 2 aliphatic carbocycles. The molecule has 0 unspecified atom stereocenters. The highest BCUT2D eigenvalue weighted by Crippen LogP contribution is 2.71. The lowest BCUT2D eigenvalue weighted by Crippen LogP contribution is -2.48. The summed E-state index contributed by atoms with van der Waals surface area (Å²) in [7, 11) is 0. The average Bonchev–Trinajstić information content (AvgIpc) is 2.68. The molecule has 0 radical (unpaired) electrons. The van der Waals surface area contributed by atoms with Crippen LogP contribution in [0.1, 0.15) is 53.4 Å². The van der Waals surface area contributed by atoms with Crippen LogP contribution in [0, 0.1) is 23.2 Å². The predicted molar refractivity (Wildman–Crippen MR) is 62.8 cm³/mol. The third kappa shape index (κ3) is 0.932. The van der Waals surface area contributed by atoms with Crippen LogP contribution in [0.3, 0.4) is 0 Å². The third-order valence-electron chi connectivity index (χ3n) is 5.97. The molecule has 5 atom stereocenters. The van der Waals surface area contributed by atoms with Gasteiger partial charge < -0.3 is 9.84 Å². The van der Waals surface area contributed by atoms with Crippen LogP contribution in [0.5, 0.6) is 0 Å². The van der Waals surface area contributed by atoms with E-state index in [2.05, 4.69) is 27.7 Å². The lowest BCUT2D eigenvalue weighted by molar-refractivity contribution is -0.270. The normalized spacial score (nSPS) is 58.7. The van der Waals surface area contributed by atoms with Crippen LogP contribution in [0.2, 0.25) is 0 Å². The van der Waals surface area contributed by atoms with Crippen LogP contribution >= 0.6 is 0 Å². The molecule has 0 aromatic carbocycles. The van der Waals surface area contributed by atoms with Gasteiger partial charge in [0.2, 0.25) is 0 Å². The van der Waals surface area contributed by atoms with Crippen molar-refractivity contribution in [3.8, 4) is 0 Å². The first-order chi connectivity index (χ1) is 7.34. The molecule has 0 aromatic rings. The van der Waals surface area contributed by atoms with Crippen LogP contribution in [0.25, 0.3) is 0 Å². The Hall–Kier alpha value is -0.0800. The maximum absolute atomic E-state index is 11.0. The first-order valence-corrected chi connectivity index (χ1v) is 6.77. The average molecular weight is 224 g/mol. The maximum atomic E-state index is 11.0. The summed E-state index contributed by atoms with van der Waals surface area (Å²) >= 11 is 0. The lowest BCUT2D eigenvalue weighted by Gasteiger charge is -2.40. The van der Waals surface area contributed by atoms with Gasteiger partial charge in [-0.2, -0.15) is 0 Å². The molecule has 1 N–H and O–H groups in total. The van der Waals surface area contributed by atoms with E-state index in [-0.39, 0.29) is 16.9 Å². The fraction of sp³-hybridized carbons (Fsp3) is 1.00. The highest BCUT2D eigenvalue weighted by Gasteiger charge is 2.75. The molecule has 2 saturated carbocycles. The van der Waals surface area contributed by atoms with Gasteiger partial charge in [0.15, 0.2) is 5.79 Å². The predicted octanol–water partition coefficient (Wildman–Crippen LogP) is 2.95. The summed E-state index contributed by atoms with van der Waals surface area (Å²) in [5.41, 5.74) is -0.0931. The number of rotatable bonds is 0. The highest BCUT2D eigenvalue weighted by molar-refractivity contribution is 5.18. The molecule has 1 aliphatic heterocycles. The Balaban J connectivity index is 2.14. The highest BCUT2D eigenvalue weighted by atomic mass is 16.7. The van der Waals surface area contributed by atoms with Gasteiger partial charge >= 0.3 is 0 Å². The van der Waals surface area contributed by atoms with Crippen molar-refractivity contribution in [3.05, 3.63) is 0 Å². The standard InChI is InChI=1S/C14H24O2/c1-9-5-6-11-12(3,4)16-14(15)10(2)7-8-13(9,11)14/h9-11,15H,5-8H2,1-4H3/t9-,10-,11+,13+,14-/m0/s1. The fourth-order valence-corrected chi connectivity index (χ4v) is 5.22. The molecular weight excluding hydrogens is 200 g/mol. The number of hydrogen-bond donors (Lipinski definition) is 1. The van der Waals surface area contributed by atoms with Gasteiger partial charge in [0.05, 0.1) is 5.60 Å². The molecule has 0 bridgehead atoms. The summed E-state index contributed by atoms with van der Waals surface area (Å²) in [6, 6.07) is 0. The molecule has 2 nitrogen and oxygen atoms in total. The van der Waals surface area contributed by atoms with E-state index >= 15 is 0 Å². The second-order valence-corrected chi connectivity index (χ2v) is 6.91. The SMILES string of the molecule is C[C@H]1CC[C@@H]2C(C)(C)O[C@@]3(O)[C@@H](C)CC[C@]213. The maximum Gasteiger partial charge on any atom is 0.174 e. The monoisotopic (exact) mass is 224 g/mol. The molecule has 3 rings (SSSR count). The van der Waals surface area contributed by atoms with E-state index in [9.17, 15) is 5.11 Å². The topological polar surface area (TPSA) is 29.5 Å². The Kier molecular flexibility index (Phi) is 1.96. The second kappa shape index (κ2) is 2.84. The molecule has 2 heteroatoms. The largest absolute Gasteiger partial charge is 0.365 e. The van der Waals surface area contributed by atoms with Crippen molar-refractivity contribution in [1.29, 1.82) is 0 Å². The van der Waals surface area contributed by atoms with E-state index in [1.54, 1.807) is 0 Å². The summed E-state index contributed by atoms with van der Waals surface area (Å²) in [5.74, 6) is 0.591. The van der Waals surface area contributed by atoms with Crippen LogP contribution in [0.15, 0.2) is 0 Å². The second-order valence-electron chi connectivity index (χ2n) is 6.91. The molecule has 0 amide bonds. The van der Waals surface area contributed by atoms with E-state index in [0.29, 0.717) is 11.8 Å². The summed E-state index contributed by atoms with van der Waals surface area (Å²) in [4.78, 5) is 0. The molecule has 1 heterocycles. The molecule has 16 heavy (non-hydrogen) atoms. The summed E-state index contributed by atoms with van der Waals surface area (Å²) < 4.78 is 6.16. The summed E-state index contributed by atoms with van der Waals surface area (Å²) in [6.07, 6.45) is 4.75. The van der Waals surface area contributed by atoms with Crippen LogP contribution in [0.4, 0.5) is 0 Å². The smallest absolute Gasteiger partial charge is 0.174 e. The molecule has 3 fully saturated rings. The van der Waals surface area contributed by atoms with Crippen molar-refractivity contribution in [1.82, 2.24) is 0 Å². The van der Waals surface area contributed by atoms with Crippen molar-refractivity contribution < 1.29 is 9.84 Å². The number of hydrogen-bond acceptors (Lipinski definition) is 2.